The number of nitrogens with one attached hydrogen (secondary N) is 1. The van der Waals surface area contributed by atoms with E-state index in [1.807, 2.05) is 18.2 Å². The molecule has 3 N–H and O–H groups in total. The maximum atomic E-state index is 11.2. The average Bonchev–Trinajstić information content (AvgIpc) is 2.62. The fourth-order valence-electron chi connectivity index (χ4n) is 1.62. The lowest BCUT2D eigenvalue weighted by Gasteiger charge is -2.16. The maximum absolute atomic E-state index is 11.2. The van der Waals surface area contributed by atoms with Crippen molar-refractivity contribution >= 4 is 16.9 Å². The minimum Gasteiger partial charge on any atom is -0.394 e. The average molecular weight is 234 g/mol. The van der Waals surface area contributed by atoms with Gasteiger partial charge in [-0.05, 0) is 12.5 Å². The van der Waals surface area contributed by atoms with Gasteiger partial charge in [-0.25, -0.2) is 0 Å². The third kappa shape index (κ3) is 2.22. The van der Waals surface area contributed by atoms with Gasteiger partial charge in [0.25, 0.3) is 0 Å². The molecular formula is C12H14N2OS. The Labute approximate surface area is 99.1 Å². The highest BCUT2D eigenvalue weighted by atomic mass is 32.2. The van der Waals surface area contributed by atoms with Gasteiger partial charge in [0, 0.05) is 17.5 Å². The molecule has 1 atom stereocenters. The van der Waals surface area contributed by atoms with E-state index in [1.54, 1.807) is 0 Å². The van der Waals surface area contributed by atoms with Gasteiger partial charge >= 0.3 is 0 Å². The predicted molar refractivity (Wildman–Crippen MR) is 66.7 cm³/mol. The van der Waals surface area contributed by atoms with Crippen LogP contribution in [0.3, 0.4) is 0 Å². The molecule has 1 heterocycles. The third-order valence-electron chi connectivity index (χ3n) is 2.58. The molecule has 0 spiro atoms. The van der Waals surface area contributed by atoms with E-state index in [9.17, 15) is 4.79 Å². The smallest absolute Gasteiger partial charge is 0.237 e. The summed E-state index contributed by atoms with van der Waals surface area (Å²) in [5, 5.41) is 3.26. The summed E-state index contributed by atoms with van der Waals surface area (Å²) in [6.07, 6.45) is 0. The zero-order chi connectivity index (χ0) is 11.5. The number of rotatable bonds is 3. The lowest BCUT2D eigenvalue weighted by atomic mass is 10.1. The fourth-order valence-corrected chi connectivity index (χ4v) is 2.42. The molecule has 1 aromatic rings. The fraction of sp³-hybridized carbons (Fsp3) is 0.250. The first-order valence-electron chi connectivity index (χ1n) is 5.15. The molecule has 84 valence electrons. The molecule has 0 amide bonds. The molecule has 1 aliphatic rings. The largest absolute Gasteiger partial charge is 0.394 e. The second kappa shape index (κ2) is 4.61. The van der Waals surface area contributed by atoms with E-state index in [1.165, 1.54) is 17.3 Å². The van der Waals surface area contributed by atoms with Crippen LogP contribution < -0.4 is 11.1 Å². The highest BCUT2D eigenvalue weighted by Crippen LogP contribution is 2.23. The normalized spacial score (nSPS) is 17.7. The Morgan fingerprint density at radius 2 is 2.06 bits per heavy atom. The molecule has 0 aromatic heterocycles. The zero-order valence-corrected chi connectivity index (χ0v) is 9.88. The Hall–Kier alpha value is -1.42. The summed E-state index contributed by atoms with van der Waals surface area (Å²) < 4.78 is 0. The Kier molecular flexibility index (Phi) is 3.19. The molecule has 0 aliphatic carbocycles. The first-order chi connectivity index (χ1) is 7.68. The van der Waals surface area contributed by atoms with Crippen molar-refractivity contribution in [2.24, 2.45) is 5.73 Å². The summed E-state index contributed by atoms with van der Waals surface area (Å²) in [6.45, 7) is 2.06. The molecule has 1 aromatic carbocycles. The highest BCUT2D eigenvalue weighted by Gasteiger charge is 2.22. The van der Waals surface area contributed by atoms with Crippen molar-refractivity contribution in [2.45, 2.75) is 13.0 Å². The number of hydrogen-bond acceptors (Lipinski definition) is 4. The van der Waals surface area contributed by atoms with Crippen LogP contribution in [0.1, 0.15) is 18.5 Å². The van der Waals surface area contributed by atoms with Crippen molar-refractivity contribution in [3.05, 3.63) is 47.3 Å². The van der Waals surface area contributed by atoms with Crippen LogP contribution >= 0.6 is 11.8 Å². The molecule has 0 radical (unpaired) electrons. The molecular weight excluding hydrogens is 220 g/mol. The van der Waals surface area contributed by atoms with Gasteiger partial charge in [0.15, 0.2) is 0 Å². The van der Waals surface area contributed by atoms with Gasteiger partial charge in [-0.1, -0.05) is 42.1 Å². The number of nitrogens with two attached hydrogens (primary N) is 1. The lowest BCUT2D eigenvalue weighted by Crippen LogP contribution is -2.21. The van der Waals surface area contributed by atoms with Crippen LogP contribution in [0, 0.1) is 0 Å². The van der Waals surface area contributed by atoms with E-state index in [2.05, 4.69) is 24.4 Å². The summed E-state index contributed by atoms with van der Waals surface area (Å²) >= 11 is 1.25. The summed E-state index contributed by atoms with van der Waals surface area (Å²) in [5.74, 6) is 0.655. The summed E-state index contributed by atoms with van der Waals surface area (Å²) in [7, 11) is 0. The molecule has 4 heteroatoms. The molecule has 0 fully saturated rings. The maximum Gasteiger partial charge on any atom is 0.237 e. The number of hydrogen-bond donors (Lipinski definition) is 2. The van der Waals surface area contributed by atoms with E-state index in [0.717, 1.165) is 5.70 Å². The second-order valence-electron chi connectivity index (χ2n) is 3.75. The van der Waals surface area contributed by atoms with Crippen LogP contribution in [0.2, 0.25) is 0 Å². The Morgan fingerprint density at radius 3 is 2.62 bits per heavy atom. The van der Waals surface area contributed by atoms with Crippen LogP contribution in [0.25, 0.3) is 0 Å². The van der Waals surface area contributed by atoms with Crippen molar-refractivity contribution in [1.29, 1.82) is 0 Å². The monoisotopic (exact) mass is 234 g/mol. The minimum absolute atomic E-state index is 0.0252. The van der Waals surface area contributed by atoms with Crippen LogP contribution in [0.15, 0.2) is 41.7 Å². The Morgan fingerprint density at radius 1 is 1.38 bits per heavy atom. The zero-order valence-electron chi connectivity index (χ0n) is 9.07. The van der Waals surface area contributed by atoms with Crippen LogP contribution in [0.4, 0.5) is 0 Å². The molecule has 0 bridgehead atoms. The summed E-state index contributed by atoms with van der Waals surface area (Å²) in [5.41, 5.74) is 8.10. The molecule has 1 aliphatic heterocycles. The lowest BCUT2D eigenvalue weighted by molar-refractivity contribution is -0.107. The summed E-state index contributed by atoms with van der Waals surface area (Å²) in [6, 6.07) is 10.3. The molecule has 16 heavy (non-hydrogen) atoms. The first kappa shape index (κ1) is 11.1. The van der Waals surface area contributed by atoms with E-state index in [0.29, 0.717) is 11.4 Å². The standard InChI is InChI=1S/C12H14N2OS/c1-8(9-5-3-2-4-6-9)14-10-7-16-12(15)11(10)13/h2-6,8,14H,7,13H2,1H3/t8-/m0/s1. The molecule has 0 saturated heterocycles. The minimum atomic E-state index is -0.0252. The van der Waals surface area contributed by atoms with Crippen LogP contribution in [0.5, 0.6) is 0 Å². The van der Waals surface area contributed by atoms with Crippen LogP contribution in [-0.4, -0.2) is 10.9 Å². The van der Waals surface area contributed by atoms with Gasteiger partial charge in [0.1, 0.15) is 5.70 Å². The quantitative estimate of drug-likeness (QED) is 0.837. The number of carbonyl (C=O) groups is 1. The Bertz CT molecular complexity index is 428. The van der Waals surface area contributed by atoms with Gasteiger partial charge in [-0.15, -0.1) is 0 Å². The van der Waals surface area contributed by atoms with Gasteiger partial charge in [0.05, 0.1) is 0 Å². The Balaban J connectivity index is 2.09. The molecule has 3 nitrogen and oxygen atoms in total. The van der Waals surface area contributed by atoms with Crippen molar-refractivity contribution in [1.82, 2.24) is 5.32 Å². The predicted octanol–water partition coefficient (Wildman–Crippen LogP) is 1.78. The topological polar surface area (TPSA) is 55.1 Å². The molecule has 0 unspecified atom stereocenters. The summed E-state index contributed by atoms with van der Waals surface area (Å²) in [4.78, 5) is 11.2. The molecule has 0 saturated carbocycles. The van der Waals surface area contributed by atoms with E-state index in [4.69, 9.17) is 5.73 Å². The van der Waals surface area contributed by atoms with E-state index in [-0.39, 0.29) is 11.2 Å². The first-order valence-corrected chi connectivity index (χ1v) is 6.14. The number of thioether (sulfide) groups is 1. The number of carbonyl (C=O) groups excluding carboxylic acids is 1. The van der Waals surface area contributed by atoms with Crippen LogP contribution in [-0.2, 0) is 4.79 Å². The van der Waals surface area contributed by atoms with E-state index >= 15 is 0 Å². The van der Waals surface area contributed by atoms with Gasteiger partial charge < -0.3 is 11.1 Å². The third-order valence-corrected chi connectivity index (χ3v) is 3.50. The van der Waals surface area contributed by atoms with Gasteiger partial charge in [0.2, 0.25) is 5.12 Å². The SMILES string of the molecule is C[C@H](NC1=C(N)C(=O)SC1)c1ccccc1. The molecule has 2 rings (SSSR count). The highest BCUT2D eigenvalue weighted by molar-refractivity contribution is 8.14. The van der Waals surface area contributed by atoms with E-state index < -0.39 is 0 Å². The van der Waals surface area contributed by atoms with Gasteiger partial charge in [-0.2, -0.15) is 0 Å². The van der Waals surface area contributed by atoms with Crippen molar-refractivity contribution < 1.29 is 4.79 Å². The van der Waals surface area contributed by atoms with Gasteiger partial charge in [-0.3, -0.25) is 4.79 Å². The van der Waals surface area contributed by atoms with Crippen molar-refractivity contribution in [3.63, 3.8) is 0 Å². The van der Waals surface area contributed by atoms with Crippen molar-refractivity contribution in [2.75, 3.05) is 5.75 Å². The number of benzene rings is 1. The second-order valence-corrected chi connectivity index (χ2v) is 4.69. The van der Waals surface area contributed by atoms with Crippen molar-refractivity contribution in [3.8, 4) is 0 Å².